The van der Waals surface area contributed by atoms with Crippen LogP contribution in [0.15, 0.2) is 35.5 Å². The van der Waals surface area contributed by atoms with Crippen LogP contribution in [0.4, 0.5) is 0 Å². The molecule has 0 spiro atoms. The van der Waals surface area contributed by atoms with Gasteiger partial charge in [-0.15, -0.1) is 0 Å². The molecule has 0 aliphatic heterocycles. The zero-order valence-corrected chi connectivity index (χ0v) is 7.31. The molecular weight excluding hydrogens is 120 g/mol. The molecule has 0 heteroatoms. The van der Waals surface area contributed by atoms with Crippen molar-refractivity contribution in [3.05, 3.63) is 35.5 Å². The molecule has 0 saturated carbocycles. The lowest BCUT2D eigenvalue weighted by molar-refractivity contribution is 1.29. The van der Waals surface area contributed by atoms with E-state index in [2.05, 4.69) is 32.9 Å². The normalized spacial score (nSPS) is 11.2. The smallest absolute Gasteiger partial charge is 0.0398 e. The van der Waals surface area contributed by atoms with Gasteiger partial charge in [0.15, 0.2) is 0 Å². The average Bonchev–Trinajstić information content (AvgIpc) is 1.88. The van der Waals surface area contributed by atoms with Crippen LogP contribution in [0.25, 0.3) is 0 Å². The molecule has 0 saturated heterocycles. The van der Waals surface area contributed by atoms with Crippen molar-refractivity contribution in [3.8, 4) is 0 Å². The van der Waals surface area contributed by atoms with Crippen molar-refractivity contribution in [3.63, 3.8) is 0 Å². The van der Waals surface area contributed by atoms with Gasteiger partial charge >= 0.3 is 0 Å². The van der Waals surface area contributed by atoms with Crippen LogP contribution in [0, 0.1) is 0 Å². The van der Waals surface area contributed by atoms with Crippen molar-refractivity contribution in [1.82, 2.24) is 0 Å². The van der Waals surface area contributed by atoms with Crippen LogP contribution in [0.2, 0.25) is 0 Å². The molecule has 0 amide bonds. The largest absolute Gasteiger partial charge is 0.0877 e. The van der Waals surface area contributed by atoms with Gasteiger partial charge in [-0.1, -0.05) is 35.5 Å². The Morgan fingerprint density at radius 1 is 1.00 bits per heavy atom. The third-order valence-corrected chi connectivity index (χ3v) is 1.44. The predicted octanol–water partition coefficient (Wildman–Crippen LogP) is 3.48. The van der Waals surface area contributed by atoms with Gasteiger partial charge in [0, 0.05) is 0 Å². The topological polar surface area (TPSA) is 0 Å². The van der Waals surface area contributed by atoms with Crippen LogP contribution >= 0.6 is 0 Å². The van der Waals surface area contributed by atoms with E-state index in [4.69, 9.17) is 0 Å². The van der Waals surface area contributed by atoms with Gasteiger partial charge in [0.2, 0.25) is 0 Å². The maximum absolute atomic E-state index is 2.12. The Hall–Kier alpha value is -0.780. The second-order valence-corrected chi connectivity index (χ2v) is 2.57. The van der Waals surface area contributed by atoms with Crippen molar-refractivity contribution < 1.29 is 0 Å². The second-order valence-electron chi connectivity index (χ2n) is 2.57. The molecule has 0 unspecified atom stereocenters. The van der Waals surface area contributed by atoms with E-state index in [0.717, 1.165) is 0 Å². The number of hydrogen-bond donors (Lipinski definition) is 0. The first-order valence-corrected chi connectivity index (χ1v) is 3.62. The summed E-state index contributed by atoms with van der Waals surface area (Å²) in [5.74, 6) is 0. The average molecular weight is 136 g/mol. The number of allylic oxidation sites excluding steroid dienone is 6. The molecule has 0 aromatic heterocycles. The van der Waals surface area contributed by atoms with Crippen LogP contribution in [-0.4, -0.2) is 0 Å². The van der Waals surface area contributed by atoms with Gasteiger partial charge in [0.05, 0.1) is 0 Å². The molecule has 0 radical (unpaired) electrons. The van der Waals surface area contributed by atoms with Gasteiger partial charge in [-0.2, -0.15) is 0 Å². The molecule has 0 rings (SSSR count). The molecular formula is C10H16. The van der Waals surface area contributed by atoms with Crippen LogP contribution in [0.1, 0.15) is 27.7 Å². The van der Waals surface area contributed by atoms with Gasteiger partial charge in [-0.05, 0) is 27.7 Å². The van der Waals surface area contributed by atoms with Gasteiger partial charge in [0.1, 0.15) is 0 Å². The zero-order chi connectivity index (χ0) is 7.98. The fourth-order valence-corrected chi connectivity index (χ4v) is 0.478. The first kappa shape index (κ1) is 9.22. The van der Waals surface area contributed by atoms with Gasteiger partial charge < -0.3 is 0 Å². The Morgan fingerprint density at radius 3 is 2.00 bits per heavy atom. The van der Waals surface area contributed by atoms with Crippen molar-refractivity contribution in [2.24, 2.45) is 0 Å². The quantitative estimate of drug-likeness (QED) is 0.510. The van der Waals surface area contributed by atoms with E-state index in [-0.39, 0.29) is 0 Å². The highest BCUT2D eigenvalue weighted by molar-refractivity contribution is 5.23. The molecule has 0 nitrogen and oxygen atoms in total. The summed E-state index contributed by atoms with van der Waals surface area (Å²) in [5.41, 5.74) is 2.72. The van der Waals surface area contributed by atoms with E-state index in [1.165, 1.54) is 11.1 Å². The minimum Gasteiger partial charge on any atom is -0.0877 e. The Labute approximate surface area is 64.0 Å². The van der Waals surface area contributed by atoms with E-state index in [1.54, 1.807) is 0 Å². The van der Waals surface area contributed by atoms with Gasteiger partial charge in [-0.25, -0.2) is 0 Å². The third kappa shape index (κ3) is 4.13. The van der Waals surface area contributed by atoms with E-state index in [1.807, 2.05) is 19.1 Å². The first-order valence-electron chi connectivity index (χ1n) is 3.62. The summed E-state index contributed by atoms with van der Waals surface area (Å²) in [4.78, 5) is 0. The van der Waals surface area contributed by atoms with Crippen molar-refractivity contribution in [2.45, 2.75) is 27.7 Å². The van der Waals surface area contributed by atoms with Gasteiger partial charge in [-0.3, -0.25) is 0 Å². The monoisotopic (exact) mass is 136 g/mol. The molecule has 0 N–H and O–H groups in total. The number of rotatable bonds is 2. The standard InChI is InChI=1S/C10H16/c1-5-6-7-8-10(4)9(2)3/h5-8H,1-4H3/b6-5+,8-7+. The Balaban J connectivity index is 4.03. The molecule has 56 valence electrons. The summed E-state index contributed by atoms with van der Waals surface area (Å²) in [5, 5.41) is 0. The first-order chi connectivity index (χ1) is 4.68. The number of hydrogen-bond acceptors (Lipinski definition) is 0. The summed E-state index contributed by atoms with van der Waals surface area (Å²) >= 11 is 0. The minimum absolute atomic E-state index is 1.35. The van der Waals surface area contributed by atoms with Crippen molar-refractivity contribution >= 4 is 0 Å². The lowest BCUT2D eigenvalue weighted by atomic mass is 10.1. The predicted molar refractivity (Wildman–Crippen MR) is 48.0 cm³/mol. The Morgan fingerprint density at radius 2 is 1.60 bits per heavy atom. The van der Waals surface area contributed by atoms with Crippen LogP contribution < -0.4 is 0 Å². The molecule has 0 heterocycles. The molecule has 0 aromatic rings. The molecule has 0 aliphatic rings. The lowest BCUT2D eigenvalue weighted by Gasteiger charge is -1.92. The Bertz CT molecular complexity index is 164. The highest BCUT2D eigenvalue weighted by atomic mass is 13.9. The fourth-order valence-electron chi connectivity index (χ4n) is 0.478. The van der Waals surface area contributed by atoms with E-state index in [0.29, 0.717) is 0 Å². The van der Waals surface area contributed by atoms with Crippen molar-refractivity contribution in [1.29, 1.82) is 0 Å². The molecule has 0 bridgehead atoms. The maximum atomic E-state index is 2.12. The minimum atomic E-state index is 1.35. The second kappa shape index (κ2) is 5.04. The van der Waals surface area contributed by atoms with Crippen LogP contribution in [-0.2, 0) is 0 Å². The zero-order valence-electron chi connectivity index (χ0n) is 7.31. The van der Waals surface area contributed by atoms with E-state index in [9.17, 15) is 0 Å². The van der Waals surface area contributed by atoms with E-state index >= 15 is 0 Å². The van der Waals surface area contributed by atoms with Crippen molar-refractivity contribution in [2.75, 3.05) is 0 Å². The summed E-state index contributed by atoms with van der Waals surface area (Å²) in [6, 6.07) is 0. The molecule has 0 aliphatic carbocycles. The van der Waals surface area contributed by atoms with Crippen LogP contribution in [0.5, 0.6) is 0 Å². The summed E-state index contributed by atoms with van der Waals surface area (Å²) < 4.78 is 0. The SMILES string of the molecule is C/C=C/C=C/C(C)=C(C)C. The molecule has 0 atom stereocenters. The highest BCUT2D eigenvalue weighted by Crippen LogP contribution is 2.02. The summed E-state index contributed by atoms with van der Waals surface area (Å²) in [6.45, 7) is 8.38. The fraction of sp³-hybridized carbons (Fsp3) is 0.400. The maximum Gasteiger partial charge on any atom is -0.0398 e. The lowest BCUT2D eigenvalue weighted by Crippen LogP contribution is -1.71. The Kier molecular flexibility index (Phi) is 4.65. The molecule has 10 heavy (non-hydrogen) atoms. The summed E-state index contributed by atoms with van der Waals surface area (Å²) in [7, 11) is 0. The highest BCUT2D eigenvalue weighted by Gasteiger charge is 1.81. The molecule has 0 fully saturated rings. The summed E-state index contributed by atoms with van der Waals surface area (Å²) in [6.07, 6.45) is 8.24. The van der Waals surface area contributed by atoms with Crippen LogP contribution in [0.3, 0.4) is 0 Å². The van der Waals surface area contributed by atoms with Gasteiger partial charge in [0.25, 0.3) is 0 Å². The third-order valence-electron chi connectivity index (χ3n) is 1.44. The van der Waals surface area contributed by atoms with E-state index < -0.39 is 0 Å². The molecule has 0 aromatic carbocycles.